The summed E-state index contributed by atoms with van der Waals surface area (Å²) in [6.07, 6.45) is 0. The molecule has 17 heavy (non-hydrogen) atoms. The van der Waals surface area contributed by atoms with Gasteiger partial charge in [0.05, 0.1) is 11.5 Å². The van der Waals surface area contributed by atoms with Crippen molar-refractivity contribution >= 4 is 27.8 Å². The zero-order valence-corrected chi connectivity index (χ0v) is 10.3. The number of halogens is 1. The zero-order valence-electron chi connectivity index (χ0n) is 8.75. The molecule has 0 atom stereocenters. The first-order chi connectivity index (χ1) is 8.06. The first-order valence-electron chi connectivity index (χ1n) is 4.60. The molecule has 1 aromatic heterocycles. The maximum Gasteiger partial charge on any atom is 0.270 e. The molecule has 0 fully saturated rings. The molecular formula is C9H8BrN5O2. The number of carbonyl (C=O) groups is 1. The highest BCUT2D eigenvalue weighted by atomic mass is 79.9. The molecule has 2 rings (SSSR count). The average molecular weight is 298 g/mol. The number of hydrogen-bond acceptors (Lipinski definition) is 5. The van der Waals surface area contributed by atoms with Crippen LogP contribution in [0.25, 0.3) is 0 Å². The Bertz CT molecular complexity index is 568. The SMILES string of the molecule is Cn1nnc(NC(=O)c2ccc(Br)c(O)c2)n1. The lowest BCUT2D eigenvalue weighted by atomic mass is 10.2. The predicted molar refractivity (Wildman–Crippen MR) is 62.6 cm³/mol. The molecule has 0 aliphatic rings. The second-order valence-corrected chi connectivity index (χ2v) is 4.08. The summed E-state index contributed by atoms with van der Waals surface area (Å²) in [5.41, 5.74) is 0.304. The highest BCUT2D eigenvalue weighted by Gasteiger charge is 2.10. The Kier molecular flexibility index (Phi) is 3.05. The van der Waals surface area contributed by atoms with Crippen LogP contribution in [-0.4, -0.2) is 31.2 Å². The molecule has 1 heterocycles. The van der Waals surface area contributed by atoms with E-state index in [1.165, 1.54) is 10.9 Å². The number of hydrogen-bond donors (Lipinski definition) is 2. The second kappa shape index (κ2) is 4.50. The maximum absolute atomic E-state index is 11.7. The van der Waals surface area contributed by atoms with Gasteiger partial charge in [-0.1, -0.05) is 5.10 Å². The quantitative estimate of drug-likeness (QED) is 0.860. The van der Waals surface area contributed by atoms with Crippen molar-refractivity contribution in [3.05, 3.63) is 28.2 Å². The molecule has 0 saturated heterocycles. The van der Waals surface area contributed by atoms with Crippen LogP contribution in [-0.2, 0) is 7.05 Å². The number of nitrogens with one attached hydrogen (secondary N) is 1. The van der Waals surface area contributed by atoms with Crippen molar-refractivity contribution in [2.75, 3.05) is 5.32 Å². The lowest BCUT2D eigenvalue weighted by Crippen LogP contribution is -2.13. The molecule has 0 spiro atoms. The fourth-order valence-electron chi connectivity index (χ4n) is 1.16. The van der Waals surface area contributed by atoms with Crippen molar-refractivity contribution in [1.82, 2.24) is 20.2 Å². The van der Waals surface area contributed by atoms with E-state index in [0.29, 0.717) is 10.0 Å². The topological polar surface area (TPSA) is 92.9 Å². The Balaban J connectivity index is 2.17. The van der Waals surface area contributed by atoms with Gasteiger partial charge in [0.2, 0.25) is 0 Å². The van der Waals surface area contributed by atoms with E-state index in [1.54, 1.807) is 19.2 Å². The average Bonchev–Trinajstić information content (AvgIpc) is 2.68. The van der Waals surface area contributed by atoms with Crippen LogP contribution in [0.1, 0.15) is 10.4 Å². The van der Waals surface area contributed by atoms with Crippen molar-refractivity contribution in [3.63, 3.8) is 0 Å². The van der Waals surface area contributed by atoms with Crippen LogP contribution in [0.4, 0.5) is 5.95 Å². The van der Waals surface area contributed by atoms with Crippen LogP contribution in [0.15, 0.2) is 22.7 Å². The summed E-state index contributed by atoms with van der Waals surface area (Å²) in [7, 11) is 1.59. The summed E-state index contributed by atoms with van der Waals surface area (Å²) in [5, 5.41) is 22.9. The number of aromatic hydroxyl groups is 1. The fraction of sp³-hybridized carbons (Fsp3) is 0.111. The second-order valence-electron chi connectivity index (χ2n) is 3.22. The summed E-state index contributed by atoms with van der Waals surface area (Å²) in [6, 6.07) is 4.49. The highest BCUT2D eigenvalue weighted by molar-refractivity contribution is 9.10. The molecular weight excluding hydrogens is 290 g/mol. The van der Waals surface area contributed by atoms with Crippen LogP contribution in [0.5, 0.6) is 5.75 Å². The third-order valence-corrected chi connectivity index (χ3v) is 2.61. The van der Waals surface area contributed by atoms with Crippen molar-refractivity contribution < 1.29 is 9.90 Å². The summed E-state index contributed by atoms with van der Waals surface area (Å²) in [5.74, 6) is -0.314. The lowest BCUT2D eigenvalue weighted by molar-refractivity contribution is 0.102. The van der Waals surface area contributed by atoms with E-state index in [9.17, 15) is 9.90 Å². The Morgan fingerprint density at radius 2 is 2.29 bits per heavy atom. The number of aromatic nitrogens is 4. The van der Waals surface area contributed by atoms with Crippen LogP contribution in [0, 0.1) is 0 Å². The number of phenolic OH excluding ortho intramolecular Hbond substituents is 1. The standard InChI is InChI=1S/C9H8BrN5O2/c1-15-13-9(12-14-15)11-8(17)5-2-3-6(10)7(16)4-5/h2-4,16H,1H3,(H,11,13,17). The summed E-state index contributed by atoms with van der Waals surface area (Å²) in [6.45, 7) is 0. The van der Waals surface area contributed by atoms with Gasteiger partial charge in [-0.05, 0) is 39.3 Å². The van der Waals surface area contributed by atoms with Gasteiger partial charge in [0.25, 0.3) is 11.9 Å². The number of anilines is 1. The van der Waals surface area contributed by atoms with Crippen molar-refractivity contribution in [2.24, 2.45) is 7.05 Å². The number of amides is 1. The molecule has 0 aliphatic heterocycles. The molecule has 0 bridgehead atoms. The largest absolute Gasteiger partial charge is 0.507 e. The first-order valence-corrected chi connectivity index (χ1v) is 5.39. The number of phenols is 1. The number of aryl methyl sites for hydroxylation is 1. The van der Waals surface area contributed by atoms with E-state index < -0.39 is 5.91 Å². The molecule has 0 radical (unpaired) electrons. The van der Waals surface area contributed by atoms with E-state index in [4.69, 9.17) is 0 Å². The Morgan fingerprint density at radius 3 is 2.88 bits per heavy atom. The summed E-state index contributed by atoms with van der Waals surface area (Å²) >= 11 is 3.13. The van der Waals surface area contributed by atoms with E-state index in [2.05, 4.69) is 36.7 Å². The van der Waals surface area contributed by atoms with E-state index in [0.717, 1.165) is 0 Å². The number of benzene rings is 1. The highest BCUT2D eigenvalue weighted by Crippen LogP contribution is 2.24. The lowest BCUT2D eigenvalue weighted by Gasteiger charge is -2.02. The minimum Gasteiger partial charge on any atom is -0.507 e. The smallest absolute Gasteiger partial charge is 0.270 e. The van der Waals surface area contributed by atoms with Gasteiger partial charge in [-0.3, -0.25) is 10.1 Å². The van der Waals surface area contributed by atoms with E-state index in [-0.39, 0.29) is 11.7 Å². The zero-order chi connectivity index (χ0) is 12.4. The summed E-state index contributed by atoms with van der Waals surface area (Å²) in [4.78, 5) is 13.0. The van der Waals surface area contributed by atoms with Crippen molar-refractivity contribution in [3.8, 4) is 5.75 Å². The van der Waals surface area contributed by atoms with Gasteiger partial charge >= 0.3 is 0 Å². The van der Waals surface area contributed by atoms with Crippen LogP contribution < -0.4 is 5.32 Å². The normalized spacial score (nSPS) is 10.2. The van der Waals surface area contributed by atoms with Crippen LogP contribution in [0.3, 0.4) is 0 Å². The fourth-order valence-corrected chi connectivity index (χ4v) is 1.41. The molecule has 8 heteroatoms. The molecule has 88 valence electrons. The van der Waals surface area contributed by atoms with Crippen LogP contribution >= 0.6 is 15.9 Å². The third-order valence-electron chi connectivity index (χ3n) is 1.94. The van der Waals surface area contributed by atoms with E-state index in [1.807, 2.05) is 0 Å². The minimum absolute atomic E-state index is 0.00949. The van der Waals surface area contributed by atoms with Gasteiger partial charge in [-0.25, -0.2) is 0 Å². The van der Waals surface area contributed by atoms with Gasteiger partial charge in [-0.2, -0.15) is 4.80 Å². The molecule has 1 amide bonds. The van der Waals surface area contributed by atoms with Crippen molar-refractivity contribution in [1.29, 1.82) is 0 Å². The molecule has 0 unspecified atom stereocenters. The first kappa shape index (κ1) is 11.5. The van der Waals surface area contributed by atoms with Crippen LogP contribution in [0.2, 0.25) is 0 Å². The van der Waals surface area contributed by atoms with Gasteiger partial charge in [-0.15, -0.1) is 5.10 Å². The van der Waals surface area contributed by atoms with Gasteiger partial charge in [0, 0.05) is 5.56 Å². The number of rotatable bonds is 2. The molecule has 0 saturated carbocycles. The number of carbonyl (C=O) groups excluding carboxylic acids is 1. The molecule has 2 N–H and O–H groups in total. The maximum atomic E-state index is 11.7. The van der Waals surface area contributed by atoms with E-state index >= 15 is 0 Å². The predicted octanol–water partition coefficient (Wildman–Crippen LogP) is 0.930. The summed E-state index contributed by atoms with van der Waals surface area (Å²) < 4.78 is 0.520. The Labute approximate surface area is 105 Å². The minimum atomic E-state index is -0.416. The Hall–Kier alpha value is -1.96. The molecule has 2 aromatic rings. The number of tetrazole rings is 1. The third kappa shape index (κ3) is 2.59. The van der Waals surface area contributed by atoms with Gasteiger partial charge in [0.1, 0.15) is 5.75 Å². The molecule has 7 nitrogen and oxygen atoms in total. The van der Waals surface area contributed by atoms with Gasteiger partial charge in [0.15, 0.2) is 0 Å². The number of nitrogens with zero attached hydrogens (tertiary/aromatic N) is 4. The van der Waals surface area contributed by atoms with Crippen molar-refractivity contribution in [2.45, 2.75) is 0 Å². The molecule has 0 aliphatic carbocycles. The Morgan fingerprint density at radius 1 is 1.53 bits per heavy atom. The van der Waals surface area contributed by atoms with Gasteiger partial charge < -0.3 is 5.11 Å². The molecule has 1 aromatic carbocycles. The monoisotopic (exact) mass is 297 g/mol.